The Hall–Kier alpha value is -1.83. The molecule has 114 valence electrons. The monoisotopic (exact) mass is 311 g/mol. The molecule has 2 rings (SSSR count). The third-order valence-corrected chi connectivity index (χ3v) is 4.38. The molecule has 1 atom stereocenters. The number of methoxy groups -OCH3 is 2. The second-order valence-electron chi connectivity index (χ2n) is 4.27. The summed E-state index contributed by atoms with van der Waals surface area (Å²) in [5.74, 6) is 1.04. The standard InChI is InChI=1S/C14H17NO5S/c1-18-11-5-3-6-12(9-11)21(16,17)15-10-14(19-2)13-7-4-8-20-13/h3-9,14-15H,10H2,1-2H3. The van der Waals surface area contributed by atoms with Gasteiger partial charge in [0.15, 0.2) is 0 Å². The SMILES string of the molecule is COc1cccc(S(=O)(=O)NCC(OC)c2ccco2)c1. The van der Waals surface area contributed by atoms with Gasteiger partial charge in [-0.2, -0.15) is 0 Å². The molecule has 0 amide bonds. The van der Waals surface area contributed by atoms with Gasteiger partial charge < -0.3 is 13.9 Å². The molecule has 0 aliphatic carbocycles. The summed E-state index contributed by atoms with van der Waals surface area (Å²) < 4.78 is 42.4. The maximum atomic E-state index is 12.2. The Morgan fingerprint density at radius 2 is 2.05 bits per heavy atom. The number of hydrogen-bond donors (Lipinski definition) is 1. The van der Waals surface area contributed by atoms with Crippen molar-refractivity contribution in [3.05, 3.63) is 48.4 Å². The zero-order valence-electron chi connectivity index (χ0n) is 11.8. The Bertz CT molecular complexity index is 666. The van der Waals surface area contributed by atoms with Gasteiger partial charge in [0.1, 0.15) is 17.6 Å². The summed E-state index contributed by atoms with van der Waals surface area (Å²) in [6.07, 6.45) is 1.03. The van der Waals surface area contributed by atoms with E-state index in [1.54, 1.807) is 24.3 Å². The van der Waals surface area contributed by atoms with E-state index in [0.717, 1.165) is 0 Å². The van der Waals surface area contributed by atoms with Crippen molar-refractivity contribution in [2.75, 3.05) is 20.8 Å². The zero-order valence-corrected chi connectivity index (χ0v) is 12.6. The second kappa shape index (κ2) is 6.75. The van der Waals surface area contributed by atoms with Crippen LogP contribution in [0.5, 0.6) is 5.75 Å². The lowest BCUT2D eigenvalue weighted by Crippen LogP contribution is -2.29. The molecule has 0 saturated carbocycles. The highest BCUT2D eigenvalue weighted by Crippen LogP contribution is 2.19. The maximum Gasteiger partial charge on any atom is 0.240 e. The molecule has 6 nitrogen and oxygen atoms in total. The van der Waals surface area contributed by atoms with Crippen molar-refractivity contribution in [1.82, 2.24) is 4.72 Å². The summed E-state index contributed by atoms with van der Waals surface area (Å²) in [4.78, 5) is 0.135. The molecular weight excluding hydrogens is 294 g/mol. The molecule has 0 bridgehead atoms. The summed E-state index contributed by atoms with van der Waals surface area (Å²) >= 11 is 0. The van der Waals surface area contributed by atoms with Crippen molar-refractivity contribution in [3.63, 3.8) is 0 Å². The smallest absolute Gasteiger partial charge is 0.240 e. The van der Waals surface area contributed by atoms with Crippen LogP contribution in [0.3, 0.4) is 0 Å². The number of nitrogens with one attached hydrogen (secondary N) is 1. The number of ether oxygens (including phenoxy) is 2. The third kappa shape index (κ3) is 3.84. The van der Waals surface area contributed by atoms with E-state index in [1.807, 2.05) is 0 Å². The summed E-state index contributed by atoms with van der Waals surface area (Å²) in [6, 6.07) is 9.70. The molecule has 0 spiro atoms. The highest BCUT2D eigenvalue weighted by atomic mass is 32.2. The minimum Gasteiger partial charge on any atom is -0.497 e. The average molecular weight is 311 g/mol. The van der Waals surface area contributed by atoms with E-state index in [-0.39, 0.29) is 11.4 Å². The average Bonchev–Trinajstić information content (AvgIpc) is 3.02. The predicted octanol–water partition coefficient (Wildman–Crippen LogP) is 1.95. The Balaban J connectivity index is 2.10. The lowest BCUT2D eigenvalue weighted by molar-refractivity contribution is 0.0878. The Morgan fingerprint density at radius 1 is 1.24 bits per heavy atom. The third-order valence-electron chi connectivity index (χ3n) is 2.96. The van der Waals surface area contributed by atoms with E-state index in [4.69, 9.17) is 13.9 Å². The number of rotatable bonds is 7. The molecule has 1 aromatic carbocycles. The van der Waals surface area contributed by atoms with Crippen molar-refractivity contribution < 1.29 is 22.3 Å². The maximum absolute atomic E-state index is 12.2. The normalized spacial score (nSPS) is 13.0. The van der Waals surface area contributed by atoms with Crippen LogP contribution in [0.15, 0.2) is 52.0 Å². The van der Waals surface area contributed by atoms with Crippen LogP contribution >= 0.6 is 0 Å². The zero-order chi connectivity index (χ0) is 15.3. The molecule has 1 heterocycles. The van der Waals surface area contributed by atoms with Crippen LogP contribution in [-0.4, -0.2) is 29.2 Å². The first kappa shape index (κ1) is 15.6. The van der Waals surface area contributed by atoms with Crippen LogP contribution in [0.4, 0.5) is 0 Å². The number of sulfonamides is 1. The summed E-state index contributed by atoms with van der Waals surface area (Å²) in [5.41, 5.74) is 0. The lowest BCUT2D eigenvalue weighted by Gasteiger charge is -2.14. The first-order valence-corrected chi connectivity index (χ1v) is 7.75. The second-order valence-corrected chi connectivity index (χ2v) is 6.04. The first-order chi connectivity index (χ1) is 10.1. The number of hydrogen-bond acceptors (Lipinski definition) is 5. The van der Waals surface area contributed by atoms with Gasteiger partial charge in [-0.3, -0.25) is 0 Å². The number of benzene rings is 1. The molecule has 0 aliphatic heterocycles. The molecule has 1 aromatic heterocycles. The van der Waals surface area contributed by atoms with Gasteiger partial charge in [0, 0.05) is 19.7 Å². The van der Waals surface area contributed by atoms with Gasteiger partial charge in [-0.25, -0.2) is 13.1 Å². The molecule has 0 saturated heterocycles. The van der Waals surface area contributed by atoms with Crippen LogP contribution in [0.25, 0.3) is 0 Å². The van der Waals surface area contributed by atoms with Gasteiger partial charge in [-0.15, -0.1) is 0 Å². The summed E-state index contributed by atoms with van der Waals surface area (Å²) in [5, 5.41) is 0. The molecule has 0 radical (unpaired) electrons. The molecule has 0 fully saturated rings. The first-order valence-electron chi connectivity index (χ1n) is 6.26. The molecule has 7 heteroatoms. The van der Waals surface area contributed by atoms with Crippen molar-refractivity contribution in [2.24, 2.45) is 0 Å². The van der Waals surface area contributed by atoms with Crippen molar-refractivity contribution in [1.29, 1.82) is 0 Å². The van der Waals surface area contributed by atoms with E-state index in [0.29, 0.717) is 11.5 Å². The van der Waals surface area contributed by atoms with Crippen molar-refractivity contribution in [3.8, 4) is 5.75 Å². The van der Waals surface area contributed by atoms with Crippen LogP contribution in [0.1, 0.15) is 11.9 Å². The Kier molecular flexibility index (Phi) is 5.00. The van der Waals surface area contributed by atoms with Crippen molar-refractivity contribution >= 4 is 10.0 Å². The van der Waals surface area contributed by atoms with Gasteiger partial charge in [-0.05, 0) is 24.3 Å². The minimum absolute atomic E-state index is 0.0730. The minimum atomic E-state index is -3.64. The largest absolute Gasteiger partial charge is 0.497 e. The summed E-state index contributed by atoms with van der Waals surface area (Å²) in [6.45, 7) is 0.0730. The molecule has 1 unspecified atom stereocenters. The molecule has 0 aliphatic rings. The van der Waals surface area contributed by atoms with E-state index < -0.39 is 16.1 Å². The van der Waals surface area contributed by atoms with E-state index >= 15 is 0 Å². The summed E-state index contributed by atoms with van der Waals surface area (Å²) in [7, 11) is -0.665. The number of furan rings is 1. The van der Waals surface area contributed by atoms with E-state index in [2.05, 4.69) is 4.72 Å². The fourth-order valence-corrected chi connectivity index (χ4v) is 2.88. The van der Waals surface area contributed by atoms with Gasteiger partial charge in [-0.1, -0.05) is 6.07 Å². The van der Waals surface area contributed by atoms with E-state index in [9.17, 15) is 8.42 Å². The van der Waals surface area contributed by atoms with Gasteiger partial charge in [0.05, 0.1) is 18.3 Å². The topological polar surface area (TPSA) is 77.8 Å². The van der Waals surface area contributed by atoms with Gasteiger partial charge in [0.2, 0.25) is 10.0 Å². The fourth-order valence-electron chi connectivity index (χ4n) is 1.81. The van der Waals surface area contributed by atoms with Crippen LogP contribution < -0.4 is 9.46 Å². The van der Waals surface area contributed by atoms with Crippen LogP contribution in [-0.2, 0) is 14.8 Å². The molecular formula is C14H17NO5S. The molecule has 21 heavy (non-hydrogen) atoms. The molecule has 1 N–H and O–H groups in total. The van der Waals surface area contributed by atoms with Crippen LogP contribution in [0.2, 0.25) is 0 Å². The van der Waals surface area contributed by atoms with Gasteiger partial charge >= 0.3 is 0 Å². The lowest BCUT2D eigenvalue weighted by atomic mass is 10.3. The fraction of sp³-hybridized carbons (Fsp3) is 0.286. The Morgan fingerprint density at radius 3 is 2.67 bits per heavy atom. The predicted molar refractivity (Wildman–Crippen MR) is 76.6 cm³/mol. The quantitative estimate of drug-likeness (QED) is 0.845. The highest BCUT2D eigenvalue weighted by molar-refractivity contribution is 7.89. The van der Waals surface area contributed by atoms with Crippen molar-refractivity contribution in [2.45, 2.75) is 11.0 Å². The van der Waals surface area contributed by atoms with E-state index in [1.165, 1.54) is 32.6 Å². The van der Waals surface area contributed by atoms with Gasteiger partial charge in [0.25, 0.3) is 0 Å². The molecule has 2 aromatic rings. The van der Waals surface area contributed by atoms with Crippen LogP contribution in [0, 0.1) is 0 Å². The Labute approximate surface area is 123 Å². The highest BCUT2D eigenvalue weighted by Gasteiger charge is 2.19.